The summed E-state index contributed by atoms with van der Waals surface area (Å²) < 4.78 is 1.09. The summed E-state index contributed by atoms with van der Waals surface area (Å²) in [5.41, 5.74) is 8.50. The number of hydrogen-bond donors (Lipinski definition) is 1. The van der Waals surface area contributed by atoms with E-state index in [1.807, 2.05) is 37.4 Å². The lowest BCUT2D eigenvalue weighted by molar-refractivity contribution is 0.911. The fourth-order valence-electron chi connectivity index (χ4n) is 1.86. The van der Waals surface area contributed by atoms with E-state index >= 15 is 0 Å². The van der Waals surface area contributed by atoms with Crippen LogP contribution in [-0.4, -0.2) is 17.0 Å². The molecule has 0 aliphatic rings. The highest BCUT2D eigenvalue weighted by atomic mass is 79.9. The molecular formula is C14H14BrN3S. The Morgan fingerprint density at radius 3 is 2.74 bits per heavy atom. The van der Waals surface area contributed by atoms with E-state index in [4.69, 9.17) is 18.0 Å². The predicted octanol–water partition coefficient (Wildman–Crippen LogP) is 3.11. The van der Waals surface area contributed by atoms with Gasteiger partial charge in [0.2, 0.25) is 0 Å². The highest BCUT2D eigenvalue weighted by molar-refractivity contribution is 9.10. The average molecular weight is 336 g/mol. The van der Waals surface area contributed by atoms with E-state index in [1.54, 1.807) is 6.20 Å². The molecule has 0 unspecified atom stereocenters. The van der Waals surface area contributed by atoms with Gasteiger partial charge in [0.1, 0.15) is 10.7 Å². The van der Waals surface area contributed by atoms with Gasteiger partial charge < -0.3 is 10.6 Å². The Bertz CT molecular complexity index is 601. The van der Waals surface area contributed by atoms with Gasteiger partial charge in [-0.05, 0) is 23.8 Å². The smallest absolute Gasteiger partial charge is 0.124 e. The molecule has 19 heavy (non-hydrogen) atoms. The molecule has 2 aromatic rings. The van der Waals surface area contributed by atoms with Crippen LogP contribution in [0.15, 0.2) is 47.1 Å². The van der Waals surface area contributed by atoms with Crippen molar-refractivity contribution in [1.82, 2.24) is 4.98 Å². The Labute approximate surface area is 126 Å². The minimum atomic E-state index is 0.314. The predicted molar refractivity (Wildman–Crippen MR) is 86.4 cm³/mol. The van der Waals surface area contributed by atoms with Gasteiger partial charge in [0.05, 0.1) is 5.69 Å². The molecule has 0 saturated heterocycles. The minimum absolute atomic E-state index is 0.314. The fourth-order valence-corrected chi connectivity index (χ4v) is 2.43. The second kappa shape index (κ2) is 6.12. The molecule has 0 saturated carbocycles. The Morgan fingerprint density at radius 1 is 1.32 bits per heavy atom. The van der Waals surface area contributed by atoms with E-state index < -0.39 is 0 Å². The van der Waals surface area contributed by atoms with Crippen LogP contribution in [-0.2, 0) is 6.54 Å². The first kappa shape index (κ1) is 14.0. The van der Waals surface area contributed by atoms with Crippen molar-refractivity contribution in [2.24, 2.45) is 5.73 Å². The average Bonchev–Trinajstić information content (AvgIpc) is 2.41. The number of nitrogens with zero attached hydrogens (tertiary/aromatic N) is 2. The van der Waals surface area contributed by atoms with Crippen molar-refractivity contribution in [2.45, 2.75) is 6.54 Å². The molecule has 0 bridgehead atoms. The van der Waals surface area contributed by atoms with E-state index in [9.17, 15) is 0 Å². The molecule has 0 fully saturated rings. The van der Waals surface area contributed by atoms with Crippen LogP contribution in [0.25, 0.3) is 0 Å². The molecule has 1 heterocycles. The molecule has 0 amide bonds. The maximum atomic E-state index is 5.71. The summed E-state index contributed by atoms with van der Waals surface area (Å²) in [4.78, 5) is 6.64. The zero-order chi connectivity index (χ0) is 13.8. The first-order valence-corrected chi connectivity index (χ1v) is 6.99. The van der Waals surface area contributed by atoms with Crippen molar-refractivity contribution >= 4 is 38.8 Å². The minimum Gasteiger partial charge on any atom is -0.388 e. The number of rotatable bonds is 4. The van der Waals surface area contributed by atoms with E-state index in [0.29, 0.717) is 10.7 Å². The summed E-state index contributed by atoms with van der Waals surface area (Å²) in [5, 5.41) is 0. The van der Waals surface area contributed by atoms with E-state index in [0.717, 1.165) is 16.7 Å². The van der Waals surface area contributed by atoms with E-state index in [-0.39, 0.29) is 0 Å². The molecule has 98 valence electrons. The lowest BCUT2D eigenvalue weighted by Crippen LogP contribution is -2.22. The van der Waals surface area contributed by atoms with Crippen LogP contribution >= 0.6 is 28.1 Å². The van der Waals surface area contributed by atoms with Gasteiger partial charge in [-0.2, -0.15) is 0 Å². The standard InChI is InChI=1S/C14H14BrN3S/c1-18(9-10-5-2-3-6-11(10)15)12-7-4-8-17-13(12)14(16)19/h2-8H,9H2,1H3,(H2,16,19). The molecule has 2 rings (SSSR count). The normalized spacial score (nSPS) is 10.2. The zero-order valence-electron chi connectivity index (χ0n) is 10.5. The zero-order valence-corrected chi connectivity index (χ0v) is 12.9. The van der Waals surface area contributed by atoms with Crippen LogP contribution in [0.1, 0.15) is 11.3 Å². The van der Waals surface area contributed by atoms with Crippen molar-refractivity contribution in [3.8, 4) is 0 Å². The summed E-state index contributed by atoms with van der Waals surface area (Å²) in [6.07, 6.45) is 1.70. The Morgan fingerprint density at radius 2 is 2.05 bits per heavy atom. The lowest BCUT2D eigenvalue weighted by Gasteiger charge is -2.22. The number of nitrogens with two attached hydrogens (primary N) is 1. The molecule has 0 aliphatic heterocycles. The van der Waals surface area contributed by atoms with Gasteiger partial charge in [-0.15, -0.1) is 0 Å². The second-order valence-electron chi connectivity index (χ2n) is 4.18. The highest BCUT2D eigenvalue weighted by Gasteiger charge is 2.11. The Hall–Kier alpha value is -1.46. The van der Waals surface area contributed by atoms with Crippen molar-refractivity contribution in [1.29, 1.82) is 0 Å². The topological polar surface area (TPSA) is 42.2 Å². The SMILES string of the molecule is CN(Cc1ccccc1Br)c1cccnc1C(N)=S. The number of benzene rings is 1. The van der Waals surface area contributed by atoms with Gasteiger partial charge in [-0.25, -0.2) is 0 Å². The summed E-state index contributed by atoms with van der Waals surface area (Å²) in [6, 6.07) is 12.0. The molecular weight excluding hydrogens is 322 g/mol. The largest absolute Gasteiger partial charge is 0.388 e. The van der Waals surface area contributed by atoms with E-state index in [1.165, 1.54) is 5.56 Å². The molecule has 3 nitrogen and oxygen atoms in total. The van der Waals surface area contributed by atoms with Gasteiger partial charge in [-0.3, -0.25) is 4.98 Å². The van der Waals surface area contributed by atoms with Gasteiger partial charge in [-0.1, -0.05) is 46.3 Å². The Kier molecular flexibility index (Phi) is 4.50. The number of pyridine rings is 1. The number of anilines is 1. The first-order valence-electron chi connectivity index (χ1n) is 5.79. The maximum Gasteiger partial charge on any atom is 0.124 e. The lowest BCUT2D eigenvalue weighted by atomic mass is 10.2. The van der Waals surface area contributed by atoms with Gasteiger partial charge in [0.25, 0.3) is 0 Å². The number of halogens is 1. The second-order valence-corrected chi connectivity index (χ2v) is 5.48. The fraction of sp³-hybridized carbons (Fsp3) is 0.143. The Balaban J connectivity index is 2.28. The molecule has 0 aliphatic carbocycles. The van der Waals surface area contributed by atoms with E-state index in [2.05, 4.69) is 31.9 Å². The summed E-state index contributed by atoms with van der Waals surface area (Å²) >= 11 is 8.59. The molecule has 2 N–H and O–H groups in total. The highest BCUT2D eigenvalue weighted by Crippen LogP contribution is 2.22. The van der Waals surface area contributed by atoms with Crippen LogP contribution in [0.4, 0.5) is 5.69 Å². The summed E-state index contributed by atoms with van der Waals surface area (Å²) in [6.45, 7) is 0.753. The van der Waals surface area contributed by atoms with Gasteiger partial charge >= 0.3 is 0 Å². The quantitative estimate of drug-likeness (QED) is 0.871. The molecule has 5 heteroatoms. The van der Waals surface area contributed by atoms with Crippen molar-refractivity contribution in [2.75, 3.05) is 11.9 Å². The summed E-state index contributed by atoms with van der Waals surface area (Å²) in [7, 11) is 2.00. The van der Waals surface area contributed by atoms with Crippen LogP contribution in [0.3, 0.4) is 0 Å². The van der Waals surface area contributed by atoms with Gasteiger partial charge in [0, 0.05) is 24.3 Å². The first-order chi connectivity index (χ1) is 9.09. The third kappa shape index (κ3) is 3.30. The van der Waals surface area contributed by atoms with Gasteiger partial charge in [0.15, 0.2) is 0 Å². The molecule has 0 radical (unpaired) electrons. The molecule has 0 spiro atoms. The summed E-state index contributed by atoms with van der Waals surface area (Å²) in [5.74, 6) is 0. The number of thiocarbonyl (C=S) groups is 1. The third-order valence-corrected chi connectivity index (χ3v) is 3.76. The molecule has 0 atom stereocenters. The van der Waals surface area contributed by atoms with Crippen LogP contribution in [0, 0.1) is 0 Å². The van der Waals surface area contributed by atoms with Crippen molar-refractivity contribution in [3.63, 3.8) is 0 Å². The molecule has 1 aromatic heterocycles. The monoisotopic (exact) mass is 335 g/mol. The van der Waals surface area contributed by atoms with Crippen LogP contribution < -0.4 is 10.6 Å². The number of aromatic nitrogens is 1. The number of hydrogen-bond acceptors (Lipinski definition) is 3. The van der Waals surface area contributed by atoms with Crippen LogP contribution in [0.2, 0.25) is 0 Å². The molecule has 1 aromatic carbocycles. The maximum absolute atomic E-state index is 5.71. The van der Waals surface area contributed by atoms with Crippen molar-refractivity contribution in [3.05, 3.63) is 58.3 Å². The van der Waals surface area contributed by atoms with Crippen molar-refractivity contribution < 1.29 is 0 Å². The van der Waals surface area contributed by atoms with Crippen LogP contribution in [0.5, 0.6) is 0 Å². The third-order valence-electron chi connectivity index (χ3n) is 2.80.